The third-order valence-corrected chi connectivity index (χ3v) is 10.5. The molecule has 2 heteroatoms. The Kier molecular flexibility index (Phi) is 7.85. The van der Waals surface area contributed by atoms with Gasteiger partial charge < -0.3 is 9.32 Å². The Labute approximate surface area is 314 Å². The first-order chi connectivity index (χ1) is 26.8. The van der Waals surface area contributed by atoms with E-state index in [1.807, 2.05) is 0 Å². The Morgan fingerprint density at radius 3 is 1.59 bits per heavy atom. The van der Waals surface area contributed by atoms with Crippen molar-refractivity contribution in [2.75, 3.05) is 4.90 Å². The zero-order valence-corrected chi connectivity index (χ0v) is 29.6. The number of nitrogens with zero attached hydrogens (tertiary/aromatic N) is 1. The van der Waals surface area contributed by atoms with Crippen LogP contribution in [0.3, 0.4) is 0 Å². The second kappa shape index (κ2) is 13.4. The maximum atomic E-state index is 6.83. The van der Waals surface area contributed by atoms with Crippen LogP contribution in [0.5, 0.6) is 0 Å². The van der Waals surface area contributed by atoms with Crippen LogP contribution in [0.1, 0.15) is 0 Å². The van der Waals surface area contributed by atoms with Gasteiger partial charge in [0.2, 0.25) is 0 Å². The van der Waals surface area contributed by atoms with E-state index in [0.29, 0.717) is 0 Å². The topological polar surface area (TPSA) is 16.4 Å². The number of hydrogen-bond acceptors (Lipinski definition) is 2. The number of benzene rings is 9. The van der Waals surface area contributed by atoms with Crippen LogP contribution in [-0.2, 0) is 0 Å². The summed E-state index contributed by atoms with van der Waals surface area (Å²) >= 11 is 0. The highest BCUT2D eigenvalue weighted by Gasteiger charge is 2.20. The van der Waals surface area contributed by atoms with E-state index in [9.17, 15) is 0 Å². The maximum absolute atomic E-state index is 6.83. The first-order valence-corrected chi connectivity index (χ1v) is 18.4. The standard InChI is InChI=1S/C52H35NO/c1-4-16-36(17-5-1)40-22-14-23-42(34-40)53(49-29-13-12-24-43(49)37-18-6-2-7-19-37)41-32-30-39(31-33-41)44-27-15-28-47-51-46-26-11-10-25-45(46)48(35-50(51)54-52(44)47)38-20-8-3-9-21-38/h1-35H. The van der Waals surface area contributed by atoms with Crippen LogP contribution in [-0.4, -0.2) is 0 Å². The monoisotopic (exact) mass is 689 g/mol. The fourth-order valence-electron chi connectivity index (χ4n) is 7.95. The molecule has 1 heterocycles. The molecular weight excluding hydrogens is 655 g/mol. The van der Waals surface area contributed by atoms with Crippen molar-refractivity contribution < 1.29 is 4.42 Å². The molecule has 0 saturated heterocycles. The van der Waals surface area contributed by atoms with E-state index in [1.165, 1.54) is 44.2 Å². The van der Waals surface area contributed by atoms with Gasteiger partial charge in [0.25, 0.3) is 0 Å². The van der Waals surface area contributed by atoms with Gasteiger partial charge in [-0.15, -0.1) is 0 Å². The fraction of sp³-hybridized carbons (Fsp3) is 0. The number of hydrogen-bond donors (Lipinski definition) is 0. The van der Waals surface area contributed by atoms with Crippen LogP contribution >= 0.6 is 0 Å². The van der Waals surface area contributed by atoms with Crippen molar-refractivity contribution in [1.82, 2.24) is 0 Å². The van der Waals surface area contributed by atoms with E-state index in [0.717, 1.165) is 50.1 Å². The van der Waals surface area contributed by atoms with Crippen molar-refractivity contribution in [3.63, 3.8) is 0 Å². The Balaban J connectivity index is 1.12. The van der Waals surface area contributed by atoms with Gasteiger partial charge in [0.1, 0.15) is 11.2 Å². The summed E-state index contributed by atoms with van der Waals surface area (Å²) in [4.78, 5) is 2.37. The van der Waals surface area contributed by atoms with Gasteiger partial charge in [-0.25, -0.2) is 0 Å². The molecule has 0 unspecified atom stereocenters. The molecule has 0 aliphatic carbocycles. The van der Waals surface area contributed by atoms with E-state index in [2.05, 4.69) is 217 Å². The van der Waals surface area contributed by atoms with Gasteiger partial charge in [-0.05, 0) is 80.6 Å². The normalized spacial score (nSPS) is 11.3. The molecule has 0 bridgehead atoms. The van der Waals surface area contributed by atoms with Crippen LogP contribution in [0.2, 0.25) is 0 Å². The third-order valence-electron chi connectivity index (χ3n) is 10.5. The molecular formula is C52H35NO. The molecule has 0 atom stereocenters. The average Bonchev–Trinajstić information content (AvgIpc) is 3.64. The van der Waals surface area contributed by atoms with E-state index in [4.69, 9.17) is 4.42 Å². The van der Waals surface area contributed by atoms with E-state index in [-0.39, 0.29) is 0 Å². The van der Waals surface area contributed by atoms with Gasteiger partial charge in [0.15, 0.2) is 0 Å². The van der Waals surface area contributed by atoms with Gasteiger partial charge >= 0.3 is 0 Å². The summed E-state index contributed by atoms with van der Waals surface area (Å²) in [5.74, 6) is 0. The Morgan fingerprint density at radius 1 is 0.315 bits per heavy atom. The van der Waals surface area contributed by atoms with Crippen molar-refractivity contribution in [3.8, 4) is 44.5 Å². The highest BCUT2D eigenvalue weighted by Crippen LogP contribution is 2.45. The van der Waals surface area contributed by atoms with Crippen LogP contribution in [0, 0.1) is 0 Å². The summed E-state index contributed by atoms with van der Waals surface area (Å²) < 4.78 is 6.83. The molecule has 0 aliphatic heterocycles. The zero-order valence-electron chi connectivity index (χ0n) is 29.6. The predicted octanol–water partition coefficient (Wildman–Crippen LogP) is 14.9. The molecule has 0 radical (unpaired) electrons. The van der Waals surface area contributed by atoms with E-state index >= 15 is 0 Å². The summed E-state index contributed by atoms with van der Waals surface area (Å²) in [6.07, 6.45) is 0. The van der Waals surface area contributed by atoms with Gasteiger partial charge in [-0.1, -0.05) is 176 Å². The van der Waals surface area contributed by atoms with Gasteiger partial charge in [0.05, 0.1) is 5.69 Å². The van der Waals surface area contributed by atoms with E-state index < -0.39 is 0 Å². The molecule has 1 aromatic heterocycles. The minimum atomic E-state index is 0.897. The minimum absolute atomic E-state index is 0.897. The minimum Gasteiger partial charge on any atom is -0.455 e. The molecule has 0 spiro atoms. The largest absolute Gasteiger partial charge is 0.455 e. The molecule has 54 heavy (non-hydrogen) atoms. The molecule has 0 fully saturated rings. The predicted molar refractivity (Wildman–Crippen MR) is 228 cm³/mol. The number of rotatable bonds is 7. The first-order valence-electron chi connectivity index (χ1n) is 18.4. The zero-order chi connectivity index (χ0) is 35.8. The van der Waals surface area contributed by atoms with Crippen LogP contribution in [0.4, 0.5) is 17.1 Å². The summed E-state index contributed by atoms with van der Waals surface area (Å²) in [5, 5.41) is 4.70. The number of furan rings is 1. The lowest BCUT2D eigenvalue weighted by Crippen LogP contribution is -2.11. The molecule has 254 valence electrons. The van der Waals surface area contributed by atoms with Crippen molar-refractivity contribution in [2.24, 2.45) is 0 Å². The summed E-state index contributed by atoms with van der Waals surface area (Å²) in [5.41, 5.74) is 14.3. The highest BCUT2D eigenvalue weighted by molar-refractivity contribution is 6.23. The number of para-hydroxylation sites is 2. The average molecular weight is 690 g/mol. The number of fused-ring (bicyclic) bond motifs is 5. The van der Waals surface area contributed by atoms with Gasteiger partial charge in [0, 0.05) is 33.3 Å². The molecule has 2 nitrogen and oxygen atoms in total. The Bertz CT molecular complexity index is 2910. The lowest BCUT2D eigenvalue weighted by Gasteiger charge is -2.28. The van der Waals surface area contributed by atoms with Gasteiger partial charge in [-0.3, -0.25) is 0 Å². The second-order valence-corrected chi connectivity index (χ2v) is 13.7. The lowest BCUT2D eigenvalue weighted by molar-refractivity contribution is 0.670. The van der Waals surface area contributed by atoms with Gasteiger partial charge in [-0.2, -0.15) is 0 Å². The molecule has 10 aromatic rings. The van der Waals surface area contributed by atoms with Crippen molar-refractivity contribution in [2.45, 2.75) is 0 Å². The molecule has 9 aromatic carbocycles. The van der Waals surface area contributed by atoms with Crippen molar-refractivity contribution in [1.29, 1.82) is 0 Å². The van der Waals surface area contributed by atoms with Crippen LogP contribution in [0.15, 0.2) is 217 Å². The summed E-state index contributed by atoms with van der Waals surface area (Å²) in [6, 6.07) is 75.6. The number of anilines is 3. The fourth-order valence-corrected chi connectivity index (χ4v) is 7.95. The first kappa shape index (κ1) is 31.6. The van der Waals surface area contributed by atoms with Crippen molar-refractivity contribution in [3.05, 3.63) is 212 Å². The Hall–Kier alpha value is -7.16. The molecule has 0 aliphatic rings. The molecule has 0 N–H and O–H groups in total. The summed E-state index contributed by atoms with van der Waals surface area (Å²) in [6.45, 7) is 0. The third kappa shape index (κ3) is 5.53. The smallest absolute Gasteiger partial charge is 0.143 e. The van der Waals surface area contributed by atoms with Crippen LogP contribution < -0.4 is 4.90 Å². The van der Waals surface area contributed by atoms with Crippen LogP contribution in [0.25, 0.3) is 77.2 Å². The van der Waals surface area contributed by atoms with Crippen molar-refractivity contribution >= 4 is 49.8 Å². The quantitative estimate of drug-likeness (QED) is 0.166. The van der Waals surface area contributed by atoms with E-state index in [1.54, 1.807) is 0 Å². The summed E-state index contributed by atoms with van der Waals surface area (Å²) in [7, 11) is 0. The highest BCUT2D eigenvalue weighted by atomic mass is 16.3. The molecule has 0 amide bonds. The molecule has 0 saturated carbocycles. The second-order valence-electron chi connectivity index (χ2n) is 13.7. The SMILES string of the molecule is c1ccc(-c2cccc(N(c3ccc(-c4cccc5c4oc4cc(-c6ccccc6)c6ccccc6c45)cc3)c3ccccc3-c3ccccc3)c2)cc1. The Morgan fingerprint density at radius 2 is 0.852 bits per heavy atom. The maximum Gasteiger partial charge on any atom is 0.143 e. The molecule has 10 rings (SSSR count). The lowest BCUT2D eigenvalue weighted by atomic mass is 9.94.